The summed E-state index contributed by atoms with van der Waals surface area (Å²) in [5, 5.41) is 8.36. The summed E-state index contributed by atoms with van der Waals surface area (Å²) in [6, 6.07) is 2.02. The number of aryl methyl sites for hydroxylation is 1. The van der Waals surface area contributed by atoms with E-state index in [0.717, 1.165) is 23.8 Å². The molecular weight excluding hydrogens is 350 g/mol. The van der Waals surface area contributed by atoms with Crippen molar-refractivity contribution in [2.75, 3.05) is 0 Å². The van der Waals surface area contributed by atoms with Crippen molar-refractivity contribution in [3.05, 3.63) is 41.5 Å². The summed E-state index contributed by atoms with van der Waals surface area (Å²) in [7, 11) is -4.05. The lowest BCUT2D eigenvalue weighted by molar-refractivity contribution is 0.312. The number of hydrogen-bond acceptors (Lipinski definition) is 4. The number of fused-ring (bicyclic) bond motifs is 3. The molecule has 2 aliphatic rings. The Balaban J connectivity index is 1.75. The van der Waals surface area contributed by atoms with Crippen molar-refractivity contribution in [3.8, 4) is 0 Å². The molecule has 1 saturated heterocycles. The Morgan fingerprint density at radius 3 is 2.68 bits per heavy atom. The fraction of sp³-hybridized carbons (Fsp3) is 0.500. The zero-order chi connectivity index (χ0) is 17.8. The van der Waals surface area contributed by atoms with Crippen molar-refractivity contribution < 1.29 is 17.2 Å². The van der Waals surface area contributed by atoms with Crippen molar-refractivity contribution in [1.29, 1.82) is 0 Å². The second-order valence-electron chi connectivity index (χ2n) is 6.50. The number of nitrogens with zero attached hydrogens (tertiary/aromatic N) is 4. The van der Waals surface area contributed by atoms with Crippen LogP contribution in [0.2, 0.25) is 0 Å². The molecule has 0 N–H and O–H groups in total. The normalized spacial score (nSPS) is 23.5. The highest BCUT2D eigenvalue weighted by Crippen LogP contribution is 2.36. The van der Waals surface area contributed by atoms with E-state index in [1.807, 2.05) is 11.5 Å². The standard InChI is InChI=1S/C16H18F2N4O2S/c1-2-15-19-20-16-8-11-4-5-12(9-21(15)16)22(11)25(23,24)14-6-3-10(17)7-13(14)18/h3,6-7,11-12H,2,4-5,8-9H2,1H3/t11-,12+/m0/s1. The van der Waals surface area contributed by atoms with Gasteiger partial charge in [0.2, 0.25) is 10.0 Å². The molecule has 0 amide bonds. The first-order valence-corrected chi connectivity index (χ1v) is 9.75. The third-order valence-electron chi connectivity index (χ3n) is 5.03. The van der Waals surface area contributed by atoms with Gasteiger partial charge in [-0.1, -0.05) is 6.92 Å². The van der Waals surface area contributed by atoms with Crippen LogP contribution < -0.4 is 0 Å². The van der Waals surface area contributed by atoms with E-state index < -0.39 is 26.6 Å². The van der Waals surface area contributed by atoms with Crippen LogP contribution in [0, 0.1) is 11.6 Å². The third kappa shape index (κ3) is 2.56. The quantitative estimate of drug-likeness (QED) is 0.830. The first kappa shape index (κ1) is 16.6. The van der Waals surface area contributed by atoms with Gasteiger partial charge in [-0.3, -0.25) is 0 Å². The average molecular weight is 368 g/mol. The van der Waals surface area contributed by atoms with E-state index >= 15 is 0 Å². The molecule has 2 aliphatic heterocycles. The van der Waals surface area contributed by atoms with E-state index in [9.17, 15) is 17.2 Å². The van der Waals surface area contributed by atoms with Crippen LogP contribution >= 0.6 is 0 Å². The lowest BCUT2D eigenvalue weighted by Crippen LogP contribution is -2.42. The third-order valence-corrected chi connectivity index (χ3v) is 7.07. The molecule has 1 aromatic heterocycles. The van der Waals surface area contributed by atoms with Gasteiger partial charge in [0.05, 0.1) is 0 Å². The van der Waals surface area contributed by atoms with Crippen molar-refractivity contribution in [3.63, 3.8) is 0 Å². The smallest absolute Gasteiger partial charge is 0.246 e. The minimum absolute atomic E-state index is 0.276. The van der Waals surface area contributed by atoms with E-state index in [-0.39, 0.29) is 12.1 Å². The van der Waals surface area contributed by atoms with Gasteiger partial charge in [-0.05, 0) is 25.0 Å². The molecule has 6 nitrogen and oxygen atoms in total. The molecule has 134 valence electrons. The Bertz CT molecular complexity index is 928. The largest absolute Gasteiger partial charge is 0.313 e. The fourth-order valence-electron chi connectivity index (χ4n) is 3.91. The molecule has 0 radical (unpaired) electrons. The highest BCUT2D eigenvalue weighted by Gasteiger charge is 2.46. The summed E-state index contributed by atoms with van der Waals surface area (Å²) >= 11 is 0. The first-order valence-electron chi connectivity index (χ1n) is 8.31. The van der Waals surface area contributed by atoms with Gasteiger partial charge in [-0.25, -0.2) is 17.2 Å². The van der Waals surface area contributed by atoms with E-state index in [1.165, 1.54) is 4.31 Å². The molecule has 3 heterocycles. The first-order chi connectivity index (χ1) is 11.9. The number of sulfonamides is 1. The lowest BCUT2D eigenvalue weighted by Gasteiger charge is -2.27. The Morgan fingerprint density at radius 1 is 1.20 bits per heavy atom. The Kier molecular flexibility index (Phi) is 3.88. The molecule has 1 fully saturated rings. The van der Waals surface area contributed by atoms with Crippen LogP contribution in [0.25, 0.3) is 0 Å². The van der Waals surface area contributed by atoms with Gasteiger partial charge < -0.3 is 4.57 Å². The Labute approximate surface area is 144 Å². The molecule has 4 rings (SSSR count). The van der Waals surface area contributed by atoms with E-state index in [4.69, 9.17) is 0 Å². The number of benzene rings is 1. The molecule has 0 unspecified atom stereocenters. The maximum absolute atomic E-state index is 14.1. The Morgan fingerprint density at radius 2 is 1.96 bits per heavy atom. The minimum Gasteiger partial charge on any atom is -0.313 e. The zero-order valence-electron chi connectivity index (χ0n) is 13.7. The Hall–Kier alpha value is -1.87. The van der Waals surface area contributed by atoms with Crippen LogP contribution in [-0.2, 0) is 29.4 Å². The van der Waals surface area contributed by atoms with Crippen molar-refractivity contribution in [2.45, 2.75) is 56.1 Å². The van der Waals surface area contributed by atoms with Crippen molar-refractivity contribution in [1.82, 2.24) is 19.1 Å². The summed E-state index contributed by atoms with van der Waals surface area (Å²) < 4.78 is 56.8. The van der Waals surface area contributed by atoms with Crippen LogP contribution in [-0.4, -0.2) is 39.6 Å². The maximum Gasteiger partial charge on any atom is 0.246 e. The van der Waals surface area contributed by atoms with Crippen LogP contribution in [0.15, 0.2) is 23.1 Å². The topological polar surface area (TPSA) is 68.1 Å². The summed E-state index contributed by atoms with van der Waals surface area (Å²) in [4.78, 5) is -0.473. The molecule has 2 atom stereocenters. The van der Waals surface area contributed by atoms with Gasteiger partial charge in [0.25, 0.3) is 0 Å². The number of rotatable bonds is 3. The van der Waals surface area contributed by atoms with Crippen LogP contribution in [0.1, 0.15) is 31.4 Å². The molecule has 0 spiro atoms. The molecule has 2 bridgehead atoms. The molecule has 1 aromatic carbocycles. The van der Waals surface area contributed by atoms with Gasteiger partial charge >= 0.3 is 0 Å². The summed E-state index contributed by atoms with van der Waals surface area (Å²) in [5.74, 6) is -0.261. The van der Waals surface area contributed by atoms with E-state index in [0.29, 0.717) is 38.3 Å². The molecule has 0 aliphatic carbocycles. The fourth-order valence-corrected chi connectivity index (χ4v) is 5.82. The predicted molar refractivity (Wildman–Crippen MR) is 85.3 cm³/mol. The summed E-state index contributed by atoms with van der Waals surface area (Å²) in [6.45, 7) is 2.44. The predicted octanol–water partition coefficient (Wildman–Crippen LogP) is 1.90. The second kappa shape index (κ2) is 5.84. The van der Waals surface area contributed by atoms with Gasteiger partial charge in [0.15, 0.2) is 0 Å². The maximum atomic E-state index is 14.1. The number of aromatic nitrogens is 3. The SMILES string of the molecule is CCc1nnc2n1C[C@H]1CC[C@@H](C2)N1S(=O)(=O)c1ccc(F)cc1F. The van der Waals surface area contributed by atoms with Gasteiger partial charge in [0.1, 0.15) is 28.2 Å². The zero-order valence-corrected chi connectivity index (χ0v) is 14.5. The average Bonchev–Trinajstić information content (AvgIpc) is 3.06. The van der Waals surface area contributed by atoms with E-state index in [2.05, 4.69) is 10.2 Å². The van der Waals surface area contributed by atoms with Crippen LogP contribution in [0.4, 0.5) is 8.78 Å². The lowest BCUT2D eigenvalue weighted by atomic mass is 10.1. The van der Waals surface area contributed by atoms with Crippen molar-refractivity contribution in [2.24, 2.45) is 0 Å². The van der Waals surface area contributed by atoms with E-state index in [1.54, 1.807) is 0 Å². The molecule has 25 heavy (non-hydrogen) atoms. The van der Waals surface area contributed by atoms with Crippen LogP contribution in [0.5, 0.6) is 0 Å². The van der Waals surface area contributed by atoms with Gasteiger partial charge in [0, 0.05) is 37.5 Å². The summed E-state index contributed by atoms with van der Waals surface area (Å²) in [5.41, 5.74) is 0. The van der Waals surface area contributed by atoms with Crippen molar-refractivity contribution >= 4 is 10.0 Å². The highest BCUT2D eigenvalue weighted by atomic mass is 32.2. The van der Waals surface area contributed by atoms with Gasteiger partial charge in [-0.15, -0.1) is 10.2 Å². The second-order valence-corrected chi connectivity index (χ2v) is 8.31. The number of hydrogen-bond donors (Lipinski definition) is 0. The summed E-state index contributed by atoms with van der Waals surface area (Å²) in [6.07, 6.45) is 2.56. The highest BCUT2D eigenvalue weighted by molar-refractivity contribution is 7.89. The molecule has 9 heteroatoms. The minimum atomic E-state index is -4.05. The molecule has 2 aromatic rings. The van der Waals surface area contributed by atoms with Crippen LogP contribution in [0.3, 0.4) is 0 Å². The molecule has 0 saturated carbocycles. The molecular formula is C16H18F2N4O2S. The monoisotopic (exact) mass is 368 g/mol. The van der Waals surface area contributed by atoms with Gasteiger partial charge in [-0.2, -0.15) is 4.31 Å². The number of halogens is 2.